The van der Waals surface area contributed by atoms with Crippen LogP contribution in [0.2, 0.25) is 0 Å². The summed E-state index contributed by atoms with van der Waals surface area (Å²) in [5.41, 5.74) is -5.25. The molecule has 0 radical (unpaired) electrons. The lowest BCUT2D eigenvalue weighted by molar-refractivity contribution is -0.240. The molecule has 7 heteroatoms. The fourth-order valence-electron chi connectivity index (χ4n) is 1.89. The minimum Gasteiger partial charge on any atom is -0.366 e. The maximum Gasteiger partial charge on any atom is 0.433 e. The summed E-state index contributed by atoms with van der Waals surface area (Å²) in [6.45, 7) is 0. The molecular weight excluding hydrogens is 334 g/mol. The molecule has 0 unspecified atom stereocenters. The molecule has 2 aromatic carbocycles. The third-order valence-corrected chi connectivity index (χ3v) is 3.20. The Morgan fingerprint density at radius 3 is 1.67 bits per heavy atom. The quantitative estimate of drug-likeness (QED) is 0.596. The van der Waals surface area contributed by atoms with Crippen molar-refractivity contribution in [2.24, 2.45) is 0 Å². The van der Waals surface area contributed by atoms with Gasteiger partial charge >= 0.3 is 12.4 Å². The van der Waals surface area contributed by atoms with Gasteiger partial charge in [0.05, 0.1) is 5.56 Å². The molecule has 0 spiro atoms. The lowest BCUT2D eigenvalue weighted by Crippen LogP contribution is -2.41. The molecule has 0 aliphatic carbocycles. The molecule has 0 saturated heterocycles. The van der Waals surface area contributed by atoms with Crippen LogP contribution in [-0.2, 0) is 11.8 Å². The van der Waals surface area contributed by atoms with E-state index in [0.29, 0.717) is 24.3 Å². The Kier molecular flexibility index (Phi) is 4.63. The molecule has 0 aliphatic heterocycles. The molecule has 126 valence electrons. The van der Waals surface area contributed by atoms with E-state index in [4.69, 9.17) is 0 Å². The topological polar surface area (TPSA) is 20.2 Å². The lowest BCUT2D eigenvalue weighted by atomic mass is 9.92. The van der Waals surface area contributed by atoms with Gasteiger partial charge in [0.15, 0.2) is 0 Å². The maximum atomic E-state index is 13.3. The van der Waals surface area contributed by atoms with Crippen LogP contribution in [0.25, 0.3) is 0 Å². The van der Waals surface area contributed by atoms with Crippen LogP contribution in [0, 0.1) is 11.8 Å². The second-order valence-electron chi connectivity index (χ2n) is 4.90. The van der Waals surface area contributed by atoms with Crippen LogP contribution in [0.3, 0.4) is 0 Å². The lowest BCUT2D eigenvalue weighted by Gasteiger charge is -2.26. The predicted octanol–water partition coefficient (Wildman–Crippen LogP) is 4.51. The Morgan fingerprint density at radius 1 is 0.708 bits per heavy atom. The Hall–Kier alpha value is -2.46. The first-order valence-electron chi connectivity index (χ1n) is 6.59. The van der Waals surface area contributed by atoms with Gasteiger partial charge in [-0.2, -0.15) is 26.3 Å². The largest absolute Gasteiger partial charge is 0.433 e. The van der Waals surface area contributed by atoms with Crippen LogP contribution in [0.1, 0.15) is 16.7 Å². The highest BCUT2D eigenvalue weighted by atomic mass is 19.4. The van der Waals surface area contributed by atoms with E-state index in [2.05, 4.69) is 5.92 Å². The monoisotopic (exact) mass is 344 g/mol. The molecule has 2 aromatic rings. The van der Waals surface area contributed by atoms with Gasteiger partial charge in [-0.1, -0.05) is 36.3 Å². The van der Waals surface area contributed by atoms with Gasteiger partial charge in [-0.05, 0) is 30.2 Å². The second kappa shape index (κ2) is 6.21. The van der Waals surface area contributed by atoms with Crippen molar-refractivity contribution in [1.29, 1.82) is 0 Å². The smallest absolute Gasteiger partial charge is 0.366 e. The number of aliphatic hydroxyl groups is 1. The summed E-state index contributed by atoms with van der Waals surface area (Å²) in [7, 11) is 0. The van der Waals surface area contributed by atoms with E-state index in [1.54, 1.807) is 24.1 Å². The summed E-state index contributed by atoms with van der Waals surface area (Å²) in [6, 6.07) is 9.69. The summed E-state index contributed by atoms with van der Waals surface area (Å²) in [5, 5.41) is 9.99. The number of benzene rings is 2. The van der Waals surface area contributed by atoms with Gasteiger partial charge in [-0.15, -0.1) is 0 Å². The SMILES string of the molecule is O[C@](C#Cc1ccccc1)(c1ccc(C(F)(F)F)cc1)C(F)(F)F. The minimum atomic E-state index is -5.19. The van der Waals surface area contributed by atoms with Gasteiger partial charge in [0.25, 0.3) is 0 Å². The van der Waals surface area contributed by atoms with E-state index >= 15 is 0 Å². The number of hydrogen-bond donors (Lipinski definition) is 1. The van der Waals surface area contributed by atoms with Crippen molar-refractivity contribution in [2.45, 2.75) is 18.0 Å². The summed E-state index contributed by atoms with van der Waals surface area (Å²) in [6.07, 6.45) is -9.88. The highest BCUT2D eigenvalue weighted by molar-refractivity contribution is 5.42. The molecule has 0 amide bonds. The molecule has 1 N–H and O–H groups in total. The van der Waals surface area contributed by atoms with E-state index in [1.807, 2.05) is 0 Å². The van der Waals surface area contributed by atoms with E-state index in [-0.39, 0.29) is 5.56 Å². The fraction of sp³-hybridized carbons (Fsp3) is 0.176. The standard InChI is InChI=1S/C17H10F6O/c18-16(19,20)14-8-6-13(7-9-14)15(24,17(21,22)23)11-10-12-4-2-1-3-5-12/h1-9,24H/t15-/m1/s1. The average molecular weight is 344 g/mol. The third kappa shape index (κ3) is 3.71. The Balaban J connectivity index is 2.48. The first-order chi connectivity index (χ1) is 11.0. The first-order valence-corrected chi connectivity index (χ1v) is 6.59. The normalized spacial score (nSPS) is 14.5. The summed E-state index contributed by atoms with van der Waals surface area (Å²) in [4.78, 5) is 0. The van der Waals surface area contributed by atoms with Crippen molar-refractivity contribution in [3.05, 3.63) is 71.3 Å². The van der Waals surface area contributed by atoms with Gasteiger partial charge in [0.1, 0.15) is 0 Å². The molecule has 0 aliphatic rings. The van der Waals surface area contributed by atoms with Crippen molar-refractivity contribution < 1.29 is 31.4 Å². The van der Waals surface area contributed by atoms with Gasteiger partial charge in [0, 0.05) is 11.1 Å². The Labute approximate surface area is 133 Å². The molecule has 1 nitrogen and oxygen atoms in total. The third-order valence-electron chi connectivity index (χ3n) is 3.20. The molecule has 0 fully saturated rings. The number of rotatable bonds is 1. The van der Waals surface area contributed by atoms with E-state index < -0.39 is 29.1 Å². The zero-order valence-electron chi connectivity index (χ0n) is 11.9. The van der Waals surface area contributed by atoms with Gasteiger partial charge < -0.3 is 5.11 Å². The molecule has 1 atom stereocenters. The zero-order valence-corrected chi connectivity index (χ0v) is 11.9. The molecular formula is C17H10F6O. The molecule has 0 heterocycles. The van der Waals surface area contributed by atoms with Crippen LogP contribution in [0.4, 0.5) is 26.3 Å². The molecule has 2 rings (SSSR count). The van der Waals surface area contributed by atoms with Crippen LogP contribution in [0.5, 0.6) is 0 Å². The molecule has 0 bridgehead atoms. The van der Waals surface area contributed by atoms with Gasteiger partial charge in [-0.25, -0.2) is 0 Å². The Morgan fingerprint density at radius 2 is 1.21 bits per heavy atom. The zero-order chi connectivity index (χ0) is 18.0. The summed E-state index contributed by atoms with van der Waals surface area (Å²) >= 11 is 0. The predicted molar refractivity (Wildman–Crippen MR) is 74.7 cm³/mol. The van der Waals surface area contributed by atoms with E-state index in [0.717, 1.165) is 0 Å². The summed E-state index contributed by atoms with van der Waals surface area (Å²) < 4.78 is 77.3. The van der Waals surface area contributed by atoms with Crippen molar-refractivity contribution in [3.63, 3.8) is 0 Å². The fourth-order valence-corrected chi connectivity index (χ4v) is 1.89. The van der Waals surface area contributed by atoms with Gasteiger partial charge in [0.2, 0.25) is 5.60 Å². The van der Waals surface area contributed by atoms with E-state index in [9.17, 15) is 31.4 Å². The van der Waals surface area contributed by atoms with Crippen LogP contribution in [0.15, 0.2) is 54.6 Å². The molecule has 0 saturated carbocycles. The highest BCUT2D eigenvalue weighted by Gasteiger charge is 2.54. The second-order valence-corrected chi connectivity index (χ2v) is 4.90. The minimum absolute atomic E-state index is 0.229. The van der Waals surface area contributed by atoms with Gasteiger partial charge in [-0.3, -0.25) is 0 Å². The van der Waals surface area contributed by atoms with Crippen molar-refractivity contribution in [3.8, 4) is 11.8 Å². The van der Waals surface area contributed by atoms with Crippen molar-refractivity contribution in [2.75, 3.05) is 0 Å². The number of alkyl halides is 6. The first kappa shape index (κ1) is 17.9. The van der Waals surface area contributed by atoms with Crippen LogP contribution in [-0.4, -0.2) is 11.3 Å². The number of hydrogen-bond acceptors (Lipinski definition) is 1. The van der Waals surface area contributed by atoms with Crippen LogP contribution >= 0.6 is 0 Å². The van der Waals surface area contributed by atoms with Crippen molar-refractivity contribution >= 4 is 0 Å². The molecule has 24 heavy (non-hydrogen) atoms. The maximum absolute atomic E-state index is 13.3. The Bertz CT molecular complexity index is 750. The molecule has 0 aromatic heterocycles. The van der Waals surface area contributed by atoms with Crippen LogP contribution < -0.4 is 0 Å². The average Bonchev–Trinajstić information content (AvgIpc) is 2.52. The summed E-state index contributed by atoms with van der Waals surface area (Å²) in [5.74, 6) is 3.92. The van der Waals surface area contributed by atoms with Crippen molar-refractivity contribution in [1.82, 2.24) is 0 Å². The highest BCUT2D eigenvalue weighted by Crippen LogP contribution is 2.39. The number of halogens is 6. The van der Waals surface area contributed by atoms with E-state index in [1.165, 1.54) is 12.1 Å².